The Bertz CT molecular complexity index is 838. The van der Waals surface area contributed by atoms with Crippen LogP contribution in [0.3, 0.4) is 0 Å². The van der Waals surface area contributed by atoms with Crippen LogP contribution < -0.4 is 5.32 Å². The molecule has 0 radical (unpaired) electrons. The second-order valence-corrected chi connectivity index (χ2v) is 7.59. The number of hydrogen-bond acceptors (Lipinski definition) is 4. The molecule has 0 atom stereocenters. The second kappa shape index (κ2) is 10.2. The van der Waals surface area contributed by atoms with Crippen molar-refractivity contribution < 1.29 is 14.3 Å². The Hall–Kier alpha value is -2.66. The highest BCUT2D eigenvalue weighted by molar-refractivity contribution is 6.05. The van der Waals surface area contributed by atoms with E-state index in [9.17, 15) is 9.59 Å². The SMILES string of the molecule is CCOC(=O)c1ccc(NC(=O)c2ccc(CN3CCCCCC3)cc2)c(C)c1. The molecule has 1 heterocycles. The number of amides is 1. The molecule has 2 aromatic rings. The molecule has 0 saturated carbocycles. The van der Waals surface area contributed by atoms with E-state index in [-0.39, 0.29) is 11.9 Å². The summed E-state index contributed by atoms with van der Waals surface area (Å²) >= 11 is 0. The van der Waals surface area contributed by atoms with E-state index in [1.54, 1.807) is 25.1 Å². The molecular formula is C24H30N2O3. The van der Waals surface area contributed by atoms with E-state index in [2.05, 4.69) is 10.2 Å². The van der Waals surface area contributed by atoms with Gasteiger partial charge in [0.15, 0.2) is 0 Å². The number of carbonyl (C=O) groups excluding carboxylic acids is 2. The van der Waals surface area contributed by atoms with Gasteiger partial charge in [0, 0.05) is 17.8 Å². The Morgan fingerprint density at radius 2 is 1.62 bits per heavy atom. The molecule has 1 aliphatic rings. The van der Waals surface area contributed by atoms with Gasteiger partial charge in [-0.25, -0.2) is 4.79 Å². The minimum absolute atomic E-state index is 0.154. The van der Waals surface area contributed by atoms with Crippen LogP contribution in [0.4, 0.5) is 5.69 Å². The van der Waals surface area contributed by atoms with E-state index in [0.29, 0.717) is 23.4 Å². The Morgan fingerprint density at radius 1 is 0.966 bits per heavy atom. The first-order chi connectivity index (χ1) is 14.1. The third-order valence-electron chi connectivity index (χ3n) is 5.31. The zero-order chi connectivity index (χ0) is 20.6. The predicted octanol–water partition coefficient (Wildman–Crippen LogP) is 4.80. The van der Waals surface area contributed by atoms with Crippen LogP contribution in [0.2, 0.25) is 0 Å². The first kappa shape index (κ1) is 21.1. The highest BCUT2D eigenvalue weighted by Gasteiger charge is 2.13. The molecule has 0 bridgehead atoms. The zero-order valence-electron chi connectivity index (χ0n) is 17.4. The van der Waals surface area contributed by atoms with Gasteiger partial charge in [-0.05, 0) is 81.2 Å². The maximum atomic E-state index is 12.6. The fourth-order valence-electron chi connectivity index (χ4n) is 3.65. The fraction of sp³-hybridized carbons (Fsp3) is 0.417. The number of hydrogen-bond donors (Lipinski definition) is 1. The van der Waals surface area contributed by atoms with Gasteiger partial charge in [0.2, 0.25) is 0 Å². The van der Waals surface area contributed by atoms with E-state index in [1.165, 1.54) is 31.2 Å². The van der Waals surface area contributed by atoms with Crippen LogP contribution in [0.5, 0.6) is 0 Å². The maximum absolute atomic E-state index is 12.6. The molecule has 1 saturated heterocycles. The first-order valence-corrected chi connectivity index (χ1v) is 10.5. The quantitative estimate of drug-likeness (QED) is 0.715. The summed E-state index contributed by atoms with van der Waals surface area (Å²) in [6.07, 6.45) is 5.20. The summed E-state index contributed by atoms with van der Waals surface area (Å²) in [6.45, 7) is 7.23. The minimum atomic E-state index is -0.353. The number of rotatable bonds is 6. The molecule has 1 aliphatic heterocycles. The van der Waals surface area contributed by atoms with Crippen LogP contribution >= 0.6 is 0 Å². The summed E-state index contributed by atoms with van der Waals surface area (Å²) in [5, 5.41) is 2.93. The highest BCUT2D eigenvalue weighted by Crippen LogP contribution is 2.19. The number of benzene rings is 2. The molecule has 0 unspecified atom stereocenters. The zero-order valence-corrected chi connectivity index (χ0v) is 17.4. The third kappa shape index (κ3) is 5.91. The number of likely N-dealkylation sites (tertiary alicyclic amines) is 1. The molecule has 2 aromatic carbocycles. The van der Waals surface area contributed by atoms with Gasteiger partial charge in [-0.1, -0.05) is 25.0 Å². The van der Waals surface area contributed by atoms with Gasteiger partial charge in [0.1, 0.15) is 0 Å². The summed E-state index contributed by atoms with van der Waals surface area (Å²) in [5.74, 6) is -0.508. The number of nitrogens with one attached hydrogen (secondary N) is 1. The van der Waals surface area contributed by atoms with E-state index < -0.39 is 0 Å². The van der Waals surface area contributed by atoms with Crippen molar-refractivity contribution in [2.45, 2.75) is 46.1 Å². The molecule has 5 heteroatoms. The topological polar surface area (TPSA) is 58.6 Å². The molecule has 5 nitrogen and oxygen atoms in total. The van der Waals surface area contributed by atoms with Crippen LogP contribution in [0.15, 0.2) is 42.5 Å². The molecule has 1 amide bonds. The molecular weight excluding hydrogens is 364 g/mol. The van der Waals surface area contributed by atoms with Crippen LogP contribution in [-0.2, 0) is 11.3 Å². The molecule has 29 heavy (non-hydrogen) atoms. The molecule has 3 rings (SSSR count). The number of aryl methyl sites for hydroxylation is 1. The van der Waals surface area contributed by atoms with Crippen LogP contribution in [0.1, 0.15) is 64.4 Å². The predicted molar refractivity (Wildman–Crippen MR) is 115 cm³/mol. The second-order valence-electron chi connectivity index (χ2n) is 7.59. The van der Waals surface area contributed by atoms with Gasteiger partial charge < -0.3 is 10.1 Å². The fourth-order valence-corrected chi connectivity index (χ4v) is 3.65. The normalized spacial score (nSPS) is 14.8. The van der Waals surface area contributed by atoms with Crippen molar-refractivity contribution in [2.24, 2.45) is 0 Å². The molecule has 0 aromatic heterocycles. The average Bonchev–Trinajstić information content (AvgIpc) is 2.99. The van der Waals surface area contributed by atoms with Crippen molar-refractivity contribution >= 4 is 17.6 Å². The molecule has 154 valence electrons. The Labute approximate surface area is 173 Å². The molecule has 1 fully saturated rings. The standard InChI is InChI=1S/C24H30N2O3/c1-3-29-24(28)21-12-13-22(18(2)16-21)25-23(27)20-10-8-19(9-11-20)17-26-14-6-4-5-7-15-26/h8-13,16H,3-7,14-15,17H2,1-2H3,(H,25,27). The van der Waals surface area contributed by atoms with Crippen molar-refractivity contribution in [3.8, 4) is 0 Å². The summed E-state index contributed by atoms with van der Waals surface area (Å²) < 4.78 is 5.02. The van der Waals surface area contributed by atoms with E-state index in [0.717, 1.165) is 25.2 Å². The number of nitrogens with zero attached hydrogens (tertiary/aromatic N) is 1. The number of carbonyl (C=O) groups is 2. The van der Waals surface area contributed by atoms with Gasteiger partial charge in [0.05, 0.1) is 12.2 Å². The van der Waals surface area contributed by atoms with Crippen molar-refractivity contribution in [1.82, 2.24) is 4.90 Å². The lowest BCUT2D eigenvalue weighted by Gasteiger charge is -2.19. The molecule has 0 spiro atoms. The Balaban J connectivity index is 1.61. The lowest BCUT2D eigenvalue weighted by molar-refractivity contribution is 0.0526. The Morgan fingerprint density at radius 3 is 2.24 bits per heavy atom. The number of anilines is 1. The van der Waals surface area contributed by atoms with Crippen molar-refractivity contribution in [1.29, 1.82) is 0 Å². The van der Waals surface area contributed by atoms with E-state index in [1.807, 2.05) is 31.2 Å². The van der Waals surface area contributed by atoms with Gasteiger partial charge in [0.25, 0.3) is 5.91 Å². The lowest BCUT2D eigenvalue weighted by Crippen LogP contribution is -2.24. The summed E-state index contributed by atoms with van der Waals surface area (Å²) in [6, 6.07) is 13.0. The summed E-state index contributed by atoms with van der Waals surface area (Å²) in [7, 11) is 0. The highest BCUT2D eigenvalue weighted by atomic mass is 16.5. The van der Waals surface area contributed by atoms with Crippen molar-refractivity contribution in [3.63, 3.8) is 0 Å². The maximum Gasteiger partial charge on any atom is 0.338 e. The molecule has 1 N–H and O–H groups in total. The van der Waals surface area contributed by atoms with Crippen molar-refractivity contribution in [3.05, 3.63) is 64.7 Å². The van der Waals surface area contributed by atoms with Crippen LogP contribution in [0, 0.1) is 6.92 Å². The monoisotopic (exact) mass is 394 g/mol. The van der Waals surface area contributed by atoms with Gasteiger partial charge in [-0.3, -0.25) is 9.69 Å². The third-order valence-corrected chi connectivity index (χ3v) is 5.31. The first-order valence-electron chi connectivity index (χ1n) is 10.5. The largest absolute Gasteiger partial charge is 0.462 e. The van der Waals surface area contributed by atoms with Crippen LogP contribution in [-0.4, -0.2) is 36.5 Å². The van der Waals surface area contributed by atoms with Crippen LogP contribution in [0.25, 0.3) is 0 Å². The van der Waals surface area contributed by atoms with Gasteiger partial charge >= 0.3 is 5.97 Å². The van der Waals surface area contributed by atoms with Gasteiger partial charge in [-0.2, -0.15) is 0 Å². The Kier molecular flexibility index (Phi) is 7.42. The molecule has 0 aliphatic carbocycles. The number of ether oxygens (including phenoxy) is 1. The average molecular weight is 395 g/mol. The lowest BCUT2D eigenvalue weighted by atomic mass is 10.1. The van der Waals surface area contributed by atoms with Crippen molar-refractivity contribution in [2.75, 3.05) is 25.0 Å². The summed E-state index contributed by atoms with van der Waals surface area (Å²) in [4.78, 5) is 27.0. The number of esters is 1. The minimum Gasteiger partial charge on any atom is -0.462 e. The van der Waals surface area contributed by atoms with E-state index >= 15 is 0 Å². The smallest absolute Gasteiger partial charge is 0.338 e. The van der Waals surface area contributed by atoms with E-state index in [4.69, 9.17) is 4.74 Å². The summed E-state index contributed by atoms with van der Waals surface area (Å²) in [5.41, 5.74) is 3.86. The van der Waals surface area contributed by atoms with Gasteiger partial charge in [-0.15, -0.1) is 0 Å².